The standard InChI is InChI=1S/C14H11ClN2O2S2/c1-2-8-5-9-13(20-8)16-7-17(14(9)19)6-10(18)11-3-4-12(15)21-11/h3-5,7H,2,6H2,1H3. The summed E-state index contributed by atoms with van der Waals surface area (Å²) in [6, 6.07) is 5.21. The summed E-state index contributed by atoms with van der Waals surface area (Å²) in [5.41, 5.74) is -0.174. The summed E-state index contributed by atoms with van der Waals surface area (Å²) in [6.07, 6.45) is 2.31. The highest BCUT2D eigenvalue weighted by Gasteiger charge is 2.13. The Bertz CT molecular complexity index is 879. The van der Waals surface area contributed by atoms with Gasteiger partial charge in [0.25, 0.3) is 5.56 Å². The predicted molar refractivity (Wildman–Crippen MR) is 86.9 cm³/mol. The average Bonchev–Trinajstić information content (AvgIpc) is 3.08. The SMILES string of the molecule is CCc1cc2c(=O)n(CC(=O)c3ccc(Cl)s3)cnc2s1. The average molecular weight is 339 g/mol. The normalized spacial score (nSPS) is 11.1. The Hall–Kier alpha value is -1.50. The van der Waals surface area contributed by atoms with E-state index in [1.807, 2.05) is 13.0 Å². The number of aryl methyl sites for hydroxylation is 1. The van der Waals surface area contributed by atoms with Crippen LogP contribution in [0.3, 0.4) is 0 Å². The molecule has 108 valence electrons. The molecular formula is C14H11ClN2O2S2. The smallest absolute Gasteiger partial charge is 0.262 e. The molecule has 0 radical (unpaired) electrons. The lowest BCUT2D eigenvalue weighted by Gasteiger charge is -2.02. The number of ketones is 1. The summed E-state index contributed by atoms with van der Waals surface area (Å²) in [7, 11) is 0. The van der Waals surface area contributed by atoms with Gasteiger partial charge in [-0.15, -0.1) is 22.7 Å². The Kier molecular flexibility index (Phi) is 3.93. The maximum absolute atomic E-state index is 12.4. The van der Waals surface area contributed by atoms with Crippen LogP contribution in [0.15, 0.2) is 29.3 Å². The topological polar surface area (TPSA) is 52.0 Å². The molecule has 0 aliphatic rings. The Morgan fingerprint density at radius 2 is 2.19 bits per heavy atom. The van der Waals surface area contributed by atoms with Crippen molar-refractivity contribution in [3.05, 3.63) is 49.0 Å². The molecule has 3 aromatic rings. The fraction of sp³-hybridized carbons (Fsp3) is 0.214. The van der Waals surface area contributed by atoms with Gasteiger partial charge in [-0.1, -0.05) is 18.5 Å². The molecule has 7 heteroatoms. The molecule has 0 aromatic carbocycles. The number of nitrogens with zero attached hydrogens (tertiary/aromatic N) is 2. The number of hydrogen-bond acceptors (Lipinski definition) is 5. The van der Waals surface area contributed by atoms with Gasteiger partial charge in [0.2, 0.25) is 0 Å². The molecule has 0 N–H and O–H groups in total. The van der Waals surface area contributed by atoms with Crippen LogP contribution in [-0.4, -0.2) is 15.3 Å². The molecule has 3 heterocycles. The van der Waals surface area contributed by atoms with Crippen LogP contribution in [0.1, 0.15) is 21.5 Å². The van der Waals surface area contributed by atoms with Crippen molar-refractivity contribution in [2.24, 2.45) is 0 Å². The van der Waals surface area contributed by atoms with Gasteiger partial charge in [-0.2, -0.15) is 0 Å². The molecule has 3 rings (SSSR count). The van der Waals surface area contributed by atoms with Gasteiger partial charge in [0.15, 0.2) is 5.78 Å². The number of Topliss-reactive ketones (excluding diaryl/α,β-unsaturated/α-hetero) is 1. The number of hydrogen-bond donors (Lipinski definition) is 0. The van der Waals surface area contributed by atoms with Crippen molar-refractivity contribution in [3.8, 4) is 0 Å². The van der Waals surface area contributed by atoms with Crippen LogP contribution in [-0.2, 0) is 13.0 Å². The number of fused-ring (bicyclic) bond motifs is 1. The maximum atomic E-state index is 12.4. The Labute approximate surface area is 133 Å². The first-order valence-electron chi connectivity index (χ1n) is 6.35. The largest absolute Gasteiger partial charge is 0.291 e. The fourth-order valence-electron chi connectivity index (χ4n) is 1.99. The van der Waals surface area contributed by atoms with Crippen LogP contribution in [0.4, 0.5) is 0 Å². The number of carbonyl (C=O) groups is 1. The van der Waals surface area contributed by atoms with Gasteiger partial charge >= 0.3 is 0 Å². The van der Waals surface area contributed by atoms with E-state index in [9.17, 15) is 9.59 Å². The molecule has 3 aromatic heterocycles. The number of halogens is 1. The highest BCUT2D eigenvalue weighted by molar-refractivity contribution is 7.18. The second-order valence-electron chi connectivity index (χ2n) is 4.49. The zero-order valence-corrected chi connectivity index (χ0v) is 13.5. The lowest BCUT2D eigenvalue weighted by Crippen LogP contribution is -2.23. The van der Waals surface area contributed by atoms with Crippen LogP contribution in [0.25, 0.3) is 10.2 Å². The maximum Gasteiger partial charge on any atom is 0.262 e. The van der Waals surface area contributed by atoms with Crippen molar-refractivity contribution < 1.29 is 4.79 Å². The van der Waals surface area contributed by atoms with E-state index in [1.165, 1.54) is 33.6 Å². The van der Waals surface area contributed by atoms with Gasteiger partial charge in [-0.3, -0.25) is 14.2 Å². The number of rotatable bonds is 4. The third-order valence-corrected chi connectivity index (χ3v) is 5.54. The van der Waals surface area contributed by atoms with Gasteiger partial charge in [-0.25, -0.2) is 4.98 Å². The van der Waals surface area contributed by atoms with Gasteiger partial charge in [0, 0.05) is 4.88 Å². The van der Waals surface area contributed by atoms with Crippen molar-refractivity contribution in [1.29, 1.82) is 0 Å². The van der Waals surface area contributed by atoms with Crippen molar-refractivity contribution in [3.63, 3.8) is 0 Å². The summed E-state index contributed by atoms with van der Waals surface area (Å²) < 4.78 is 1.91. The minimum Gasteiger partial charge on any atom is -0.291 e. The Morgan fingerprint density at radius 1 is 1.38 bits per heavy atom. The second-order valence-corrected chi connectivity index (χ2v) is 7.32. The Balaban J connectivity index is 1.95. The van der Waals surface area contributed by atoms with Crippen molar-refractivity contribution in [1.82, 2.24) is 9.55 Å². The minimum atomic E-state index is -0.174. The first kappa shape index (κ1) is 14.4. The molecule has 0 fully saturated rings. The van der Waals surface area contributed by atoms with E-state index < -0.39 is 0 Å². The molecule has 0 saturated carbocycles. The number of thiophene rings is 2. The third kappa shape index (κ3) is 2.79. The molecule has 0 amide bonds. The minimum absolute atomic E-state index is 0.0179. The number of aromatic nitrogens is 2. The molecule has 0 atom stereocenters. The van der Waals surface area contributed by atoms with E-state index in [2.05, 4.69) is 4.98 Å². The van der Waals surface area contributed by atoms with Crippen LogP contribution >= 0.6 is 34.3 Å². The predicted octanol–water partition coefficient (Wildman–Crippen LogP) is 3.62. The molecule has 0 saturated heterocycles. The third-order valence-electron chi connectivity index (χ3n) is 3.08. The summed E-state index contributed by atoms with van der Waals surface area (Å²) >= 11 is 8.55. The molecule has 21 heavy (non-hydrogen) atoms. The summed E-state index contributed by atoms with van der Waals surface area (Å²) in [4.78, 5) is 31.2. The summed E-state index contributed by atoms with van der Waals surface area (Å²) in [6.45, 7) is 2.02. The fourth-order valence-corrected chi connectivity index (χ4v) is 3.89. The van der Waals surface area contributed by atoms with E-state index in [1.54, 1.807) is 12.1 Å². The first-order chi connectivity index (χ1) is 10.1. The zero-order chi connectivity index (χ0) is 15.0. The Morgan fingerprint density at radius 3 is 2.86 bits per heavy atom. The van der Waals surface area contributed by atoms with Crippen LogP contribution < -0.4 is 5.56 Å². The van der Waals surface area contributed by atoms with Crippen molar-refractivity contribution in [2.75, 3.05) is 0 Å². The van der Waals surface area contributed by atoms with E-state index in [4.69, 9.17) is 11.6 Å². The first-order valence-corrected chi connectivity index (χ1v) is 8.36. The highest BCUT2D eigenvalue weighted by Crippen LogP contribution is 2.23. The van der Waals surface area contributed by atoms with Crippen molar-refractivity contribution >= 4 is 50.3 Å². The summed E-state index contributed by atoms with van der Waals surface area (Å²) in [5, 5.41) is 0.580. The molecule has 0 spiro atoms. The van der Waals surface area contributed by atoms with Crippen LogP contribution in [0.2, 0.25) is 4.34 Å². The molecule has 0 unspecified atom stereocenters. The molecular weight excluding hydrogens is 328 g/mol. The van der Waals surface area contributed by atoms with E-state index >= 15 is 0 Å². The van der Waals surface area contributed by atoms with E-state index in [0.717, 1.165) is 16.1 Å². The van der Waals surface area contributed by atoms with Gasteiger partial charge < -0.3 is 0 Å². The zero-order valence-electron chi connectivity index (χ0n) is 11.1. The molecule has 0 bridgehead atoms. The lowest BCUT2D eigenvalue weighted by molar-refractivity contribution is 0.0974. The molecule has 0 aliphatic carbocycles. The van der Waals surface area contributed by atoms with Gasteiger partial charge in [0.1, 0.15) is 4.83 Å². The van der Waals surface area contributed by atoms with E-state index in [-0.39, 0.29) is 17.9 Å². The molecule has 0 aliphatic heterocycles. The van der Waals surface area contributed by atoms with Crippen LogP contribution in [0.5, 0.6) is 0 Å². The van der Waals surface area contributed by atoms with Crippen LogP contribution in [0, 0.1) is 0 Å². The monoisotopic (exact) mass is 338 g/mol. The molecule has 4 nitrogen and oxygen atoms in total. The number of carbonyl (C=O) groups excluding carboxylic acids is 1. The van der Waals surface area contributed by atoms with Crippen molar-refractivity contribution in [2.45, 2.75) is 19.9 Å². The van der Waals surface area contributed by atoms with Gasteiger partial charge in [0.05, 0.1) is 27.5 Å². The van der Waals surface area contributed by atoms with Gasteiger partial charge in [-0.05, 0) is 24.6 Å². The second kappa shape index (κ2) is 5.71. The highest BCUT2D eigenvalue weighted by atomic mass is 35.5. The summed E-state index contributed by atoms with van der Waals surface area (Å²) in [5.74, 6) is -0.138. The lowest BCUT2D eigenvalue weighted by atomic mass is 10.3. The van der Waals surface area contributed by atoms with E-state index in [0.29, 0.717) is 14.6 Å². The quantitative estimate of drug-likeness (QED) is 0.683.